The van der Waals surface area contributed by atoms with Crippen molar-refractivity contribution in [1.82, 2.24) is 41.0 Å². The second-order valence-corrected chi connectivity index (χ2v) is 19.4. The van der Waals surface area contributed by atoms with Gasteiger partial charge in [-0.1, -0.05) is 36.4 Å². The largest absolute Gasteiger partial charge is 0.351 e. The van der Waals surface area contributed by atoms with Crippen LogP contribution in [0.15, 0.2) is 102 Å². The number of para-hydroxylation sites is 2. The number of benzene rings is 2. The van der Waals surface area contributed by atoms with Gasteiger partial charge in [0.15, 0.2) is 6.71 Å². The van der Waals surface area contributed by atoms with Crippen molar-refractivity contribution < 1.29 is 0 Å². The third-order valence-corrected chi connectivity index (χ3v) is 17.3. The zero-order valence-corrected chi connectivity index (χ0v) is 32.8. The van der Waals surface area contributed by atoms with Crippen LogP contribution in [0, 0.1) is 0 Å². The van der Waals surface area contributed by atoms with Crippen LogP contribution in [0.3, 0.4) is 0 Å². The SMILES string of the molecule is c1ccc(N2C3=C(C4NCCCC42)C2NCCC4B5C6CCNC7C8=C(N(c9ccccc9)C9CCCNC89)N(C8CC(c9ncccn9)CC(C58)N3C42)C67)cc1. The lowest BCUT2D eigenvalue weighted by molar-refractivity contribution is 0.0183. The fourth-order valence-electron chi connectivity index (χ4n) is 15.9. The van der Waals surface area contributed by atoms with Crippen LogP contribution in [0.4, 0.5) is 11.4 Å². The highest BCUT2D eigenvalue weighted by atomic mass is 15.5. The van der Waals surface area contributed by atoms with Crippen molar-refractivity contribution in [1.29, 1.82) is 0 Å². The monoisotopic (exact) mass is 758 g/mol. The Balaban J connectivity index is 0.975. The van der Waals surface area contributed by atoms with E-state index in [9.17, 15) is 0 Å². The van der Waals surface area contributed by atoms with Crippen LogP contribution in [0.25, 0.3) is 0 Å². The van der Waals surface area contributed by atoms with Crippen molar-refractivity contribution in [3.8, 4) is 0 Å². The van der Waals surface area contributed by atoms with Crippen molar-refractivity contribution >= 4 is 18.1 Å². The van der Waals surface area contributed by atoms with E-state index >= 15 is 0 Å². The Bertz CT molecular complexity index is 2000. The molecule has 7 fully saturated rings. The van der Waals surface area contributed by atoms with E-state index in [4.69, 9.17) is 9.97 Å². The fraction of sp³-hybridized carbons (Fsp3) is 0.565. The summed E-state index contributed by atoms with van der Waals surface area (Å²) in [5.74, 6) is 6.44. The minimum Gasteiger partial charge on any atom is -0.351 e. The Kier molecular flexibility index (Phi) is 7.13. The quantitative estimate of drug-likeness (QED) is 0.287. The minimum atomic E-state index is 0.310. The third-order valence-electron chi connectivity index (χ3n) is 17.3. The van der Waals surface area contributed by atoms with Gasteiger partial charge in [-0.2, -0.15) is 0 Å². The van der Waals surface area contributed by atoms with Gasteiger partial charge in [-0.05, 0) is 125 Å². The Hall–Kier alpha value is -3.90. The number of hydrogen-bond donors (Lipinski definition) is 4. The Morgan fingerprint density at radius 3 is 1.53 bits per heavy atom. The maximum atomic E-state index is 5.07. The minimum absolute atomic E-state index is 0.310. The molecule has 57 heavy (non-hydrogen) atoms. The smallest absolute Gasteiger partial charge is 0.159 e. The van der Waals surface area contributed by atoms with Gasteiger partial charge in [0.05, 0.1) is 36.3 Å². The first kappa shape index (κ1) is 33.0. The van der Waals surface area contributed by atoms with Gasteiger partial charge in [0, 0.05) is 65.0 Å². The first-order chi connectivity index (χ1) is 28.3. The molecule has 10 nitrogen and oxygen atoms in total. The lowest BCUT2D eigenvalue weighted by Crippen LogP contribution is -2.76. The number of rotatable bonds is 3. The van der Waals surface area contributed by atoms with Crippen molar-refractivity contribution in [2.75, 3.05) is 36.0 Å². The molecule has 0 spiro atoms. The van der Waals surface area contributed by atoms with Crippen LogP contribution < -0.4 is 31.1 Å². The van der Waals surface area contributed by atoms with Crippen LogP contribution >= 0.6 is 0 Å². The summed E-state index contributed by atoms with van der Waals surface area (Å²) in [6, 6.07) is 29.3. The summed E-state index contributed by atoms with van der Waals surface area (Å²) in [7, 11) is 0. The van der Waals surface area contributed by atoms with E-state index in [1.165, 1.54) is 49.9 Å². The van der Waals surface area contributed by atoms with Gasteiger partial charge in [0.25, 0.3) is 0 Å². The van der Waals surface area contributed by atoms with Crippen LogP contribution in [-0.2, 0) is 0 Å². The third kappa shape index (κ3) is 4.32. The number of anilines is 2. The highest BCUT2D eigenvalue weighted by molar-refractivity contribution is 6.65. The van der Waals surface area contributed by atoms with Gasteiger partial charge in [-0.3, -0.25) is 0 Å². The number of fused-ring (bicyclic) bond motifs is 12. The highest BCUT2D eigenvalue weighted by Gasteiger charge is 2.72. The Morgan fingerprint density at radius 1 is 0.526 bits per heavy atom. The molecule has 0 bridgehead atoms. The van der Waals surface area contributed by atoms with E-state index in [1.54, 1.807) is 22.8 Å². The number of nitrogens with zero attached hydrogens (tertiary/aromatic N) is 6. The molecule has 11 aliphatic rings. The molecule has 4 N–H and O–H groups in total. The molecular weight excluding hydrogens is 703 g/mol. The van der Waals surface area contributed by atoms with E-state index in [0.29, 0.717) is 83.8 Å². The first-order valence-corrected chi connectivity index (χ1v) is 22.8. The molecular formula is C46H55BN10. The average molecular weight is 759 g/mol. The van der Waals surface area contributed by atoms with Crippen LogP contribution in [0.2, 0.25) is 17.5 Å². The van der Waals surface area contributed by atoms with Crippen LogP contribution in [0.1, 0.15) is 63.1 Å². The molecule has 1 saturated carbocycles. The lowest BCUT2D eigenvalue weighted by atomic mass is 9.19. The molecule has 3 aromatic rings. The van der Waals surface area contributed by atoms with Crippen molar-refractivity contribution in [3.63, 3.8) is 0 Å². The van der Waals surface area contributed by atoms with Crippen LogP contribution in [0.5, 0.6) is 0 Å². The highest BCUT2D eigenvalue weighted by Crippen LogP contribution is 2.67. The molecule has 0 radical (unpaired) electrons. The van der Waals surface area contributed by atoms with E-state index in [-0.39, 0.29) is 0 Å². The molecule has 1 aliphatic carbocycles. The normalized spacial score (nSPS) is 42.0. The summed E-state index contributed by atoms with van der Waals surface area (Å²) < 4.78 is 0. The molecule has 14 rings (SSSR count). The zero-order valence-electron chi connectivity index (χ0n) is 32.8. The van der Waals surface area contributed by atoms with E-state index < -0.39 is 0 Å². The number of nitrogens with one attached hydrogen (secondary N) is 4. The van der Waals surface area contributed by atoms with Crippen LogP contribution in [-0.4, -0.2) is 113 Å². The predicted molar refractivity (Wildman–Crippen MR) is 224 cm³/mol. The second-order valence-electron chi connectivity index (χ2n) is 19.4. The molecule has 1 aromatic heterocycles. The van der Waals surface area contributed by atoms with Gasteiger partial charge in [-0.25, -0.2) is 9.97 Å². The Morgan fingerprint density at radius 2 is 1.02 bits per heavy atom. The number of aromatic nitrogens is 2. The molecule has 6 saturated heterocycles. The Labute approximate surface area is 337 Å². The van der Waals surface area contributed by atoms with Crippen molar-refractivity contribution in [3.05, 3.63) is 108 Å². The maximum Gasteiger partial charge on any atom is 0.159 e. The summed E-state index contributed by atoms with van der Waals surface area (Å²) in [6.45, 7) is 5.21. The first-order valence-electron chi connectivity index (χ1n) is 22.8. The summed E-state index contributed by atoms with van der Waals surface area (Å²) in [5, 5.41) is 16.8. The molecule has 11 heteroatoms. The maximum absolute atomic E-state index is 5.07. The van der Waals surface area contributed by atoms with Gasteiger partial charge in [0.1, 0.15) is 17.5 Å². The topological polar surface area (TPSA) is 86.9 Å². The second kappa shape index (κ2) is 12.3. The fourth-order valence-corrected chi connectivity index (χ4v) is 15.9. The van der Waals surface area contributed by atoms with E-state index in [2.05, 4.69) is 102 Å². The van der Waals surface area contributed by atoms with Gasteiger partial charge in [-0.15, -0.1) is 0 Å². The molecule has 292 valence electrons. The molecule has 10 aliphatic heterocycles. The van der Waals surface area contributed by atoms with E-state index in [0.717, 1.165) is 51.6 Å². The standard InChI is InChI=1S/C46H55BN10/c1-3-10-27(11-4-1)54-31-14-7-18-48-38(31)35-40-42-29(16-22-50-40)47-30-17-23-51-41-36-39-32(15-8-19-49-39)55(28-12-5-2-6-13-28)46(36)57(43(30)41)34-25-26(44-52-20-9-21-53-44)24-33(37(34)47)56(42)45(35)54/h1-6,9-13,20-21,26,29-34,37-43,48-51H,7-8,14-19,22-25H2. The molecule has 2 aromatic carbocycles. The van der Waals surface area contributed by atoms with E-state index in [1.807, 2.05) is 18.5 Å². The van der Waals surface area contributed by atoms with Crippen molar-refractivity contribution in [2.24, 2.45) is 0 Å². The number of piperidine rings is 4. The van der Waals surface area contributed by atoms with Gasteiger partial charge in [0.2, 0.25) is 0 Å². The van der Waals surface area contributed by atoms with Gasteiger partial charge >= 0.3 is 0 Å². The number of hydrogen-bond acceptors (Lipinski definition) is 10. The summed E-state index contributed by atoms with van der Waals surface area (Å²) in [5.41, 5.74) is 6.10. The molecule has 12 atom stereocenters. The summed E-state index contributed by atoms with van der Waals surface area (Å²) >= 11 is 0. The molecule has 12 unspecified atom stereocenters. The molecule has 11 heterocycles. The predicted octanol–water partition coefficient (Wildman–Crippen LogP) is 4.52. The summed E-state index contributed by atoms with van der Waals surface area (Å²) in [6.07, 6.45) is 13.8. The lowest BCUT2D eigenvalue weighted by Gasteiger charge is -2.68. The zero-order chi connectivity index (χ0) is 36.9. The average Bonchev–Trinajstić information content (AvgIpc) is 4.00. The van der Waals surface area contributed by atoms with Crippen molar-refractivity contribution in [2.45, 2.75) is 135 Å². The van der Waals surface area contributed by atoms with Gasteiger partial charge < -0.3 is 40.9 Å². The molecule has 0 amide bonds. The summed E-state index contributed by atoms with van der Waals surface area (Å²) in [4.78, 5) is 22.0.